The van der Waals surface area contributed by atoms with Crippen molar-refractivity contribution in [1.29, 1.82) is 0 Å². The predicted octanol–water partition coefficient (Wildman–Crippen LogP) is 1.82. The number of halogens is 1. The summed E-state index contributed by atoms with van der Waals surface area (Å²) in [4.78, 5) is 11.0. The van der Waals surface area contributed by atoms with Crippen LogP contribution in [0.4, 0.5) is 0 Å². The molecular formula is C10H12ClNO. The van der Waals surface area contributed by atoms with Gasteiger partial charge in [0.15, 0.2) is 0 Å². The molecule has 0 aromatic heterocycles. The third-order valence-electron chi connectivity index (χ3n) is 2.71. The summed E-state index contributed by atoms with van der Waals surface area (Å²) in [7, 11) is 0. The molecule has 2 unspecified atom stereocenters. The van der Waals surface area contributed by atoms with Gasteiger partial charge in [0.05, 0.1) is 5.92 Å². The number of rotatable bonds is 1. The van der Waals surface area contributed by atoms with E-state index < -0.39 is 0 Å². The van der Waals surface area contributed by atoms with Crippen LogP contribution in [0.1, 0.15) is 12.8 Å². The van der Waals surface area contributed by atoms with Crippen LogP contribution in [-0.2, 0) is 4.79 Å². The Bertz CT molecular complexity index is 283. The second-order valence-corrected chi connectivity index (χ2v) is 3.97. The molecule has 0 aromatic carbocycles. The Kier molecular flexibility index (Phi) is 2.40. The highest BCUT2D eigenvalue weighted by Crippen LogP contribution is 2.30. The molecule has 0 saturated carbocycles. The Labute approximate surface area is 82.6 Å². The van der Waals surface area contributed by atoms with E-state index in [1.54, 1.807) is 0 Å². The number of fused-ring (bicyclic) bond motifs is 1. The van der Waals surface area contributed by atoms with Crippen molar-refractivity contribution in [2.24, 2.45) is 11.8 Å². The number of hydrogen-bond acceptors (Lipinski definition) is 2. The monoisotopic (exact) mass is 197 g/mol. The highest BCUT2D eigenvalue weighted by atomic mass is 35.5. The van der Waals surface area contributed by atoms with Crippen molar-refractivity contribution >= 4 is 16.8 Å². The number of piperidine rings is 1. The lowest BCUT2D eigenvalue weighted by Gasteiger charge is -2.31. The molecule has 0 spiro atoms. The lowest BCUT2D eigenvalue weighted by molar-refractivity contribution is -0.115. The normalized spacial score (nSPS) is 31.6. The molecule has 1 N–H and O–H groups in total. The van der Waals surface area contributed by atoms with Gasteiger partial charge in [0.1, 0.15) is 0 Å². The van der Waals surface area contributed by atoms with Gasteiger partial charge in [0.25, 0.3) is 0 Å². The fourth-order valence-corrected chi connectivity index (χ4v) is 2.11. The molecule has 2 aliphatic rings. The lowest BCUT2D eigenvalue weighted by Crippen LogP contribution is -2.37. The summed E-state index contributed by atoms with van der Waals surface area (Å²) >= 11 is 5.47. The van der Waals surface area contributed by atoms with E-state index in [9.17, 15) is 4.79 Å². The molecule has 2 rings (SSSR count). The molecule has 0 aromatic rings. The zero-order valence-electron chi connectivity index (χ0n) is 7.29. The van der Waals surface area contributed by atoms with E-state index >= 15 is 0 Å². The van der Waals surface area contributed by atoms with Gasteiger partial charge in [-0.05, 0) is 30.5 Å². The Morgan fingerprint density at radius 3 is 3.23 bits per heavy atom. The van der Waals surface area contributed by atoms with Crippen LogP contribution in [0, 0.1) is 11.8 Å². The van der Waals surface area contributed by atoms with E-state index in [4.69, 9.17) is 11.6 Å². The third kappa shape index (κ3) is 1.78. The highest BCUT2D eigenvalue weighted by Gasteiger charge is 2.28. The summed E-state index contributed by atoms with van der Waals surface area (Å²) in [5.74, 6) is 0.474. The average molecular weight is 198 g/mol. The molecule has 2 atom stereocenters. The number of nitrogens with one attached hydrogen (secondary N) is 1. The van der Waals surface area contributed by atoms with Crippen molar-refractivity contribution < 1.29 is 4.79 Å². The van der Waals surface area contributed by atoms with E-state index in [2.05, 4.69) is 23.5 Å². The molecule has 3 heteroatoms. The van der Waals surface area contributed by atoms with Crippen LogP contribution in [0.25, 0.3) is 0 Å². The van der Waals surface area contributed by atoms with Crippen LogP contribution in [0.15, 0.2) is 23.9 Å². The van der Waals surface area contributed by atoms with Crippen molar-refractivity contribution in [1.82, 2.24) is 5.32 Å². The Morgan fingerprint density at radius 2 is 2.46 bits per heavy atom. The zero-order chi connectivity index (χ0) is 9.26. The van der Waals surface area contributed by atoms with Gasteiger partial charge in [-0.15, -0.1) is 0 Å². The second-order valence-electron chi connectivity index (χ2n) is 3.60. The van der Waals surface area contributed by atoms with Crippen molar-refractivity contribution in [2.45, 2.75) is 12.8 Å². The summed E-state index contributed by atoms with van der Waals surface area (Å²) < 4.78 is 0. The minimum absolute atomic E-state index is 0.00434. The summed E-state index contributed by atoms with van der Waals surface area (Å²) in [5.41, 5.74) is 1.26. The van der Waals surface area contributed by atoms with Crippen LogP contribution in [0.5, 0.6) is 0 Å². The van der Waals surface area contributed by atoms with E-state index in [-0.39, 0.29) is 11.2 Å². The summed E-state index contributed by atoms with van der Waals surface area (Å²) in [6, 6.07) is 0. The Morgan fingerprint density at radius 1 is 1.62 bits per heavy atom. The van der Waals surface area contributed by atoms with Crippen molar-refractivity contribution in [3.05, 3.63) is 23.9 Å². The first-order valence-corrected chi connectivity index (χ1v) is 4.95. The fraction of sp³-hybridized carbons (Fsp3) is 0.500. The molecule has 1 aliphatic carbocycles. The molecular weight excluding hydrogens is 186 g/mol. The zero-order valence-corrected chi connectivity index (χ0v) is 8.05. The van der Waals surface area contributed by atoms with Gasteiger partial charge in [-0.25, -0.2) is 0 Å². The maximum absolute atomic E-state index is 11.0. The molecule has 13 heavy (non-hydrogen) atoms. The van der Waals surface area contributed by atoms with Crippen LogP contribution in [0.2, 0.25) is 0 Å². The molecule has 0 bridgehead atoms. The van der Waals surface area contributed by atoms with Crippen LogP contribution < -0.4 is 5.32 Å². The molecule has 1 saturated heterocycles. The number of carbonyl (C=O) groups is 1. The lowest BCUT2D eigenvalue weighted by atomic mass is 9.84. The maximum atomic E-state index is 11.0. The molecule has 0 radical (unpaired) electrons. The quantitative estimate of drug-likeness (QED) is 0.650. The summed E-state index contributed by atoms with van der Waals surface area (Å²) in [6.45, 7) is 0.693. The smallest absolute Gasteiger partial charge is 0.226 e. The molecule has 0 amide bonds. The van der Waals surface area contributed by atoms with Gasteiger partial charge in [0, 0.05) is 18.2 Å². The van der Waals surface area contributed by atoms with E-state index in [1.807, 2.05) is 0 Å². The van der Waals surface area contributed by atoms with Crippen molar-refractivity contribution in [3.63, 3.8) is 0 Å². The predicted molar refractivity (Wildman–Crippen MR) is 52.3 cm³/mol. The van der Waals surface area contributed by atoms with Gasteiger partial charge in [0.2, 0.25) is 5.24 Å². The van der Waals surface area contributed by atoms with Gasteiger partial charge >= 0.3 is 0 Å². The first kappa shape index (κ1) is 8.82. The van der Waals surface area contributed by atoms with E-state index in [1.165, 1.54) is 5.70 Å². The van der Waals surface area contributed by atoms with Gasteiger partial charge in [-0.3, -0.25) is 4.79 Å². The Balaban J connectivity index is 2.07. The SMILES string of the molecule is O=C(Cl)C1CNC2=CC=CCC2C1. The van der Waals surface area contributed by atoms with Gasteiger partial charge in [-0.1, -0.05) is 12.2 Å². The first-order valence-electron chi connectivity index (χ1n) is 4.57. The topological polar surface area (TPSA) is 29.1 Å². The molecule has 1 heterocycles. The van der Waals surface area contributed by atoms with E-state index in [0.29, 0.717) is 12.5 Å². The van der Waals surface area contributed by atoms with Gasteiger partial charge < -0.3 is 5.32 Å². The third-order valence-corrected chi connectivity index (χ3v) is 3.02. The van der Waals surface area contributed by atoms with Crippen LogP contribution in [-0.4, -0.2) is 11.8 Å². The number of carbonyl (C=O) groups excluding carboxylic acids is 1. The standard InChI is InChI=1S/C10H12ClNO/c11-10(13)8-5-7-3-1-2-4-9(7)12-6-8/h1-2,4,7-8,12H,3,5-6H2. The maximum Gasteiger partial charge on any atom is 0.226 e. The van der Waals surface area contributed by atoms with Crippen molar-refractivity contribution in [2.75, 3.05) is 6.54 Å². The minimum Gasteiger partial charge on any atom is -0.387 e. The van der Waals surface area contributed by atoms with Crippen LogP contribution >= 0.6 is 11.6 Å². The summed E-state index contributed by atoms with van der Waals surface area (Å²) in [6.07, 6.45) is 8.20. The number of allylic oxidation sites excluding steroid dienone is 4. The Hall–Kier alpha value is -0.760. The minimum atomic E-state index is -0.207. The largest absolute Gasteiger partial charge is 0.387 e. The summed E-state index contributed by atoms with van der Waals surface area (Å²) in [5, 5.41) is 3.05. The molecule has 2 nitrogen and oxygen atoms in total. The molecule has 1 fully saturated rings. The highest BCUT2D eigenvalue weighted by molar-refractivity contribution is 6.64. The van der Waals surface area contributed by atoms with Crippen molar-refractivity contribution in [3.8, 4) is 0 Å². The average Bonchev–Trinajstić information content (AvgIpc) is 2.17. The van der Waals surface area contributed by atoms with Crippen LogP contribution in [0.3, 0.4) is 0 Å². The molecule has 1 aliphatic heterocycles. The number of hydrogen-bond donors (Lipinski definition) is 1. The fourth-order valence-electron chi connectivity index (χ4n) is 1.94. The van der Waals surface area contributed by atoms with Gasteiger partial charge in [-0.2, -0.15) is 0 Å². The molecule has 70 valence electrons. The van der Waals surface area contributed by atoms with E-state index in [0.717, 1.165) is 12.8 Å². The second kappa shape index (κ2) is 3.54. The first-order chi connectivity index (χ1) is 6.27.